The summed E-state index contributed by atoms with van der Waals surface area (Å²) < 4.78 is 1.95. The average Bonchev–Trinajstić information content (AvgIpc) is 2.71. The molecule has 3 N–H and O–H groups in total. The molecule has 1 amide bonds. The highest BCUT2D eigenvalue weighted by Gasteiger charge is 2.23. The van der Waals surface area contributed by atoms with Crippen molar-refractivity contribution in [1.29, 1.82) is 0 Å². The quantitative estimate of drug-likeness (QED) is 0.711. The van der Waals surface area contributed by atoms with Crippen LogP contribution in [0.1, 0.15) is 45.5 Å². The molecule has 1 aromatic carbocycles. The monoisotopic (exact) mass is 319 g/mol. The lowest BCUT2D eigenvalue weighted by Gasteiger charge is -2.21. The first-order valence-electron chi connectivity index (χ1n) is 7.68. The largest absolute Gasteiger partial charge is 0.390 e. The van der Waals surface area contributed by atoms with Crippen molar-refractivity contribution in [3.05, 3.63) is 23.5 Å². The van der Waals surface area contributed by atoms with Gasteiger partial charge in [-0.15, -0.1) is 0 Å². The Bertz CT molecular complexity index is 721. The van der Waals surface area contributed by atoms with Crippen molar-refractivity contribution >= 4 is 23.1 Å². The molecule has 0 fully saturated rings. The minimum absolute atomic E-state index is 0.567. The maximum Gasteiger partial charge on any atom is 0.211 e. The molecule has 126 valence electrons. The van der Waals surface area contributed by atoms with Crippen molar-refractivity contribution in [3.8, 4) is 0 Å². The topological polar surface area (TPSA) is 87.4 Å². The number of rotatable bonds is 6. The first-order chi connectivity index (χ1) is 10.5. The highest BCUT2D eigenvalue weighted by atomic mass is 16.3. The summed E-state index contributed by atoms with van der Waals surface area (Å²) in [5.41, 5.74) is 0.964. The van der Waals surface area contributed by atoms with Gasteiger partial charge in [-0.1, -0.05) is 0 Å². The molecule has 2 aromatic rings. The number of fused-ring (bicyclic) bond motifs is 1. The van der Waals surface area contributed by atoms with Gasteiger partial charge in [0.05, 0.1) is 22.2 Å². The van der Waals surface area contributed by atoms with Crippen LogP contribution in [0.15, 0.2) is 12.1 Å². The van der Waals surface area contributed by atoms with E-state index in [9.17, 15) is 15.0 Å². The number of imidazole rings is 1. The Hall–Kier alpha value is -1.92. The fourth-order valence-corrected chi connectivity index (χ4v) is 2.62. The molecule has 6 heteroatoms. The van der Waals surface area contributed by atoms with E-state index >= 15 is 0 Å². The van der Waals surface area contributed by atoms with Crippen LogP contribution in [0.25, 0.3) is 11.0 Å². The Morgan fingerprint density at radius 2 is 1.91 bits per heavy atom. The number of anilines is 1. The number of carbonyl (C=O) groups excluding carboxylic acids is 1. The number of aliphatic hydroxyl groups is 2. The minimum atomic E-state index is -1.09. The van der Waals surface area contributed by atoms with Crippen molar-refractivity contribution in [2.24, 2.45) is 7.05 Å². The maximum atomic E-state index is 10.8. The predicted molar refractivity (Wildman–Crippen MR) is 90.3 cm³/mol. The van der Waals surface area contributed by atoms with Crippen molar-refractivity contribution in [3.63, 3.8) is 0 Å². The van der Waals surface area contributed by atoms with Gasteiger partial charge in [-0.25, -0.2) is 4.98 Å². The van der Waals surface area contributed by atoms with Gasteiger partial charge in [-0.05, 0) is 46.2 Å². The molecule has 0 atom stereocenters. The lowest BCUT2D eigenvalue weighted by Crippen LogP contribution is -2.20. The van der Waals surface area contributed by atoms with Crippen LogP contribution < -0.4 is 5.32 Å². The molecular weight excluding hydrogens is 294 g/mol. The molecule has 1 heterocycles. The minimum Gasteiger partial charge on any atom is -0.390 e. The second-order valence-electron chi connectivity index (χ2n) is 7.11. The average molecular weight is 319 g/mol. The summed E-state index contributed by atoms with van der Waals surface area (Å²) in [6.07, 6.45) is 1.84. The van der Waals surface area contributed by atoms with E-state index in [1.165, 1.54) is 0 Å². The third-order valence-electron chi connectivity index (χ3n) is 3.95. The van der Waals surface area contributed by atoms with Crippen LogP contribution in [-0.4, -0.2) is 31.8 Å². The molecule has 23 heavy (non-hydrogen) atoms. The van der Waals surface area contributed by atoms with Gasteiger partial charge in [-0.2, -0.15) is 0 Å². The highest BCUT2D eigenvalue weighted by Crippen LogP contribution is 2.32. The molecule has 0 aliphatic heterocycles. The maximum absolute atomic E-state index is 10.8. The number of nitrogens with one attached hydrogen (secondary N) is 1. The second-order valence-corrected chi connectivity index (χ2v) is 7.11. The molecule has 1 aromatic heterocycles. The Labute approximate surface area is 136 Å². The van der Waals surface area contributed by atoms with E-state index in [2.05, 4.69) is 10.3 Å². The molecule has 0 spiro atoms. The number of hydrogen-bond donors (Lipinski definition) is 3. The lowest BCUT2D eigenvalue weighted by molar-refractivity contribution is -0.105. The van der Waals surface area contributed by atoms with E-state index in [1.807, 2.05) is 17.7 Å². The normalized spacial score (nSPS) is 12.7. The van der Waals surface area contributed by atoms with E-state index in [0.717, 1.165) is 16.9 Å². The van der Waals surface area contributed by atoms with Gasteiger partial charge in [-0.3, -0.25) is 4.79 Å². The number of aryl methyl sites for hydroxylation is 2. The molecular formula is C17H25N3O3. The molecule has 0 radical (unpaired) electrons. The van der Waals surface area contributed by atoms with Gasteiger partial charge in [0.25, 0.3) is 0 Å². The van der Waals surface area contributed by atoms with Crippen LogP contribution in [0.4, 0.5) is 5.69 Å². The Morgan fingerprint density at radius 1 is 1.26 bits per heavy atom. The second kappa shape index (κ2) is 5.94. The van der Waals surface area contributed by atoms with E-state index in [-0.39, 0.29) is 0 Å². The molecule has 0 aliphatic carbocycles. The number of benzene rings is 1. The van der Waals surface area contributed by atoms with E-state index in [0.29, 0.717) is 30.5 Å². The number of nitrogens with zero attached hydrogens (tertiary/aromatic N) is 2. The number of carbonyl (C=O) groups is 1. The number of aromatic nitrogens is 2. The van der Waals surface area contributed by atoms with Gasteiger partial charge < -0.3 is 20.1 Å². The van der Waals surface area contributed by atoms with Gasteiger partial charge in [0.2, 0.25) is 6.41 Å². The van der Waals surface area contributed by atoms with Crippen LogP contribution in [0.2, 0.25) is 0 Å². The van der Waals surface area contributed by atoms with E-state index in [4.69, 9.17) is 0 Å². The smallest absolute Gasteiger partial charge is 0.211 e. The SMILES string of the molecule is Cn1c(CCC(C)(C)O)nc2cc(C(C)(C)O)c(NC=O)cc21. The molecule has 0 bridgehead atoms. The Kier molecular flexibility index (Phi) is 4.50. The summed E-state index contributed by atoms with van der Waals surface area (Å²) in [6.45, 7) is 6.88. The zero-order valence-electron chi connectivity index (χ0n) is 14.3. The van der Waals surface area contributed by atoms with E-state index in [1.54, 1.807) is 33.8 Å². The van der Waals surface area contributed by atoms with Crippen molar-refractivity contribution in [2.45, 2.75) is 51.7 Å². The summed E-state index contributed by atoms with van der Waals surface area (Å²) >= 11 is 0. The standard InChI is InChI=1S/C17H25N3O3/c1-16(2,22)7-6-15-19-13-8-11(17(3,4)23)12(18-10-21)9-14(13)20(15)5/h8-10,22-23H,6-7H2,1-5H3,(H,18,21). The number of amides is 1. The van der Waals surface area contributed by atoms with Crippen LogP contribution in [-0.2, 0) is 23.9 Å². The zero-order valence-corrected chi connectivity index (χ0v) is 14.3. The Morgan fingerprint density at radius 3 is 2.43 bits per heavy atom. The van der Waals surface area contributed by atoms with Crippen molar-refractivity contribution in [1.82, 2.24) is 9.55 Å². The summed E-state index contributed by atoms with van der Waals surface area (Å²) in [6, 6.07) is 3.62. The molecule has 0 unspecified atom stereocenters. The molecule has 0 aliphatic rings. The van der Waals surface area contributed by atoms with Crippen LogP contribution in [0.3, 0.4) is 0 Å². The summed E-state index contributed by atoms with van der Waals surface area (Å²) in [7, 11) is 1.91. The predicted octanol–water partition coefficient (Wildman–Crippen LogP) is 2.07. The van der Waals surface area contributed by atoms with Crippen LogP contribution in [0.5, 0.6) is 0 Å². The summed E-state index contributed by atoms with van der Waals surface area (Å²) in [5.74, 6) is 0.854. The van der Waals surface area contributed by atoms with Gasteiger partial charge in [0, 0.05) is 24.7 Å². The summed E-state index contributed by atoms with van der Waals surface area (Å²) in [4.78, 5) is 15.5. The fourth-order valence-electron chi connectivity index (χ4n) is 2.62. The number of hydrogen-bond acceptors (Lipinski definition) is 4. The molecule has 2 rings (SSSR count). The molecule has 0 saturated carbocycles. The van der Waals surface area contributed by atoms with Crippen molar-refractivity contribution < 1.29 is 15.0 Å². The van der Waals surface area contributed by atoms with Gasteiger partial charge in [0.15, 0.2) is 0 Å². The van der Waals surface area contributed by atoms with Crippen LogP contribution >= 0.6 is 0 Å². The Balaban J connectivity index is 2.52. The summed E-state index contributed by atoms with van der Waals surface area (Å²) in [5, 5.41) is 22.9. The molecule has 6 nitrogen and oxygen atoms in total. The van der Waals surface area contributed by atoms with Gasteiger partial charge >= 0.3 is 0 Å². The highest BCUT2D eigenvalue weighted by molar-refractivity contribution is 5.86. The third kappa shape index (κ3) is 3.89. The first-order valence-corrected chi connectivity index (χ1v) is 7.68. The zero-order chi connectivity index (χ0) is 17.4. The lowest BCUT2D eigenvalue weighted by atomic mass is 9.96. The third-order valence-corrected chi connectivity index (χ3v) is 3.95. The van der Waals surface area contributed by atoms with E-state index < -0.39 is 11.2 Å². The fraction of sp³-hybridized carbons (Fsp3) is 0.529. The first kappa shape index (κ1) is 17.4. The molecule has 0 saturated heterocycles. The van der Waals surface area contributed by atoms with Crippen molar-refractivity contribution in [2.75, 3.05) is 5.32 Å². The van der Waals surface area contributed by atoms with Crippen LogP contribution in [0, 0.1) is 0 Å². The van der Waals surface area contributed by atoms with Gasteiger partial charge in [0.1, 0.15) is 5.82 Å².